The van der Waals surface area contributed by atoms with Crippen molar-refractivity contribution in [1.82, 2.24) is 0 Å². The highest BCUT2D eigenvalue weighted by Crippen LogP contribution is 2.41. The Bertz CT molecular complexity index is 735. The van der Waals surface area contributed by atoms with Crippen molar-refractivity contribution >= 4 is 17.4 Å². The molecule has 22 heavy (non-hydrogen) atoms. The van der Waals surface area contributed by atoms with Crippen LogP contribution < -0.4 is 4.74 Å². The van der Waals surface area contributed by atoms with E-state index in [-0.39, 0.29) is 24.1 Å². The number of hydrogen-bond donors (Lipinski definition) is 1. The Morgan fingerprint density at radius 1 is 1.27 bits per heavy atom. The van der Waals surface area contributed by atoms with E-state index in [9.17, 15) is 9.90 Å². The summed E-state index contributed by atoms with van der Waals surface area (Å²) in [6, 6.07) is 10.4. The number of carbonyl (C=O) groups is 1. The van der Waals surface area contributed by atoms with E-state index < -0.39 is 0 Å². The molecule has 112 valence electrons. The number of Topliss-reactive ketones (excluding diaryl/α,β-unsaturated/α-hetero) is 1. The Morgan fingerprint density at radius 3 is 2.68 bits per heavy atom. The van der Waals surface area contributed by atoms with E-state index in [0.717, 1.165) is 5.56 Å². The molecule has 4 heteroatoms. The van der Waals surface area contributed by atoms with Crippen LogP contribution in [0.4, 0.5) is 0 Å². The smallest absolute Gasteiger partial charge is 0.170 e. The number of aromatic hydroxyl groups is 1. The first-order valence-corrected chi connectivity index (χ1v) is 7.39. The van der Waals surface area contributed by atoms with Gasteiger partial charge >= 0.3 is 0 Å². The number of carbonyl (C=O) groups excluding carboxylic acids is 1. The van der Waals surface area contributed by atoms with Crippen LogP contribution in [0.15, 0.2) is 49.1 Å². The Hall–Kier alpha value is -2.26. The lowest BCUT2D eigenvalue weighted by Crippen LogP contribution is -2.21. The van der Waals surface area contributed by atoms with Crippen LogP contribution in [0.5, 0.6) is 11.5 Å². The number of rotatable bonds is 3. The van der Waals surface area contributed by atoms with Crippen molar-refractivity contribution in [1.29, 1.82) is 0 Å². The van der Waals surface area contributed by atoms with Gasteiger partial charge in [-0.15, -0.1) is 6.58 Å². The highest BCUT2D eigenvalue weighted by Gasteiger charge is 2.30. The third kappa shape index (κ3) is 2.60. The second kappa shape index (κ2) is 5.85. The third-order valence-corrected chi connectivity index (χ3v) is 4.01. The molecular weight excluding hydrogens is 300 g/mol. The van der Waals surface area contributed by atoms with Gasteiger partial charge < -0.3 is 9.84 Å². The Labute approximate surface area is 133 Å². The molecule has 0 saturated heterocycles. The number of allylic oxidation sites excluding steroid dienone is 1. The molecule has 2 aromatic carbocycles. The molecular formula is C18H15ClO3. The van der Waals surface area contributed by atoms with Crippen molar-refractivity contribution < 1.29 is 14.6 Å². The van der Waals surface area contributed by atoms with Crippen LogP contribution in [0.2, 0.25) is 5.02 Å². The Morgan fingerprint density at radius 2 is 2.00 bits per heavy atom. The van der Waals surface area contributed by atoms with Crippen molar-refractivity contribution in [2.45, 2.75) is 18.9 Å². The van der Waals surface area contributed by atoms with Gasteiger partial charge in [-0.3, -0.25) is 4.79 Å². The Balaban J connectivity index is 2.03. The first-order chi connectivity index (χ1) is 10.6. The molecule has 0 amide bonds. The van der Waals surface area contributed by atoms with E-state index in [2.05, 4.69) is 6.58 Å². The summed E-state index contributed by atoms with van der Waals surface area (Å²) in [5, 5.41) is 10.7. The number of hydrogen-bond acceptors (Lipinski definition) is 3. The fourth-order valence-electron chi connectivity index (χ4n) is 2.64. The summed E-state index contributed by atoms with van der Waals surface area (Å²) in [5.41, 5.74) is 2.00. The number of halogens is 1. The van der Waals surface area contributed by atoms with Crippen LogP contribution in [0.25, 0.3) is 0 Å². The van der Waals surface area contributed by atoms with Gasteiger partial charge in [0.05, 0.1) is 12.0 Å². The van der Waals surface area contributed by atoms with Gasteiger partial charge in [-0.1, -0.05) is 29.8 Å². The standard InChI is InChI=1S/C18H15ClO3/c1-2-3-13-15(20)9-8-14-16(21)10-17(22-18(13)14)11-4-6-12(19)7-5-11/h2,4-9,17,20H,1,3,10H2. The molecule has 3 rings (SSSR count). The first kappa shape index (κ1) is 14.7. The van der Waals surface area contributed by atoms with E-state index in [0.29, 0.717) is 28.3 Å². The van der Waals surface area contributed by atoms with Crippen LogP contribution in [0, 0.1) is 0 Å². The van der Waals surface area contributed by atoms with Gasteiger partial charge in [-0.25, -0.2) is 0 Å². The topological polar surface area (TPSA) is 46.5 Å². The van der Waals surface area contributed by atoms with Crippen LogP contribution in [0.3, 0.4) is 0 Å². The van der Waals surface area contributed by atoms with Gasteiger partial charge in [0.2, 0.25) is 0 Å². The summed E-state index contributed by atoms with van der Waals surface area (Å²) in [7, 11) is 0. The molecule has 1 atom stereocenters. The summed E-state index contributed by atoms with van der Waals surface area (Å²) in [6.07, 6.45) is 2.01. The molecule has 1 unspecified atom stereocenters. The molecule has 0 radical (unpaired) electrons. The van der Waals surface area contributed by atoms with E-state index >= 15 is 0 Å². The van der Waals surface area contributed by atoms with E-state index in [1.807, 2.05) is 12.1 Å². The van der Waals surface area contributed by atoms with Crippen molar-refractivity contribution in [3.63, 3.8) is 0 Å². The predicted octanol–water partition coefficient (Wildman–Crippen LogP) is 4.48. The fraction of sp³-hybridized carbons (Fsp3) is 0.167. The zero-order valence-electron chi connectivity index (χ0n) is 11.9. The molecule has 0 saturated carbocycles. The summed E-state index contributed by atoms with van der Waals surface area (Å²) < 4.78 is 6.02. The highest BCUT2D eigenvalue weighted by molar-refractivity contribution is 6.30. The molecule has 0 spiro atoms. The van der Waals surface area contributed by atoms with Crippen LogP contribution in [-0.4, -0.2) is 10.9 Å². The number of fused-ring (bicyclic) bond motifs is 1. The number of phenolic OH excluding ortho intramolecular Hbond substituents is 1. The van der Waals surface area contributed by atoms with Crippen LogP contribution in [0.1, 0.15) is 34.0 Å². The average molecular weight is 315 g/mol. The molecule has 3 nitrogen and oxygen atoms in total. The van der Waals surface area contributed by atoms with Crippen LogP contribution in [-0.2, 0) is 6.42 Å². The normalized spacial score (nSPS) is 16.8. The maximum Gasteiger partial charge on any atom is 0.170 e. The number of ketones is 1. The SMILES string of the molecule is C=CCc1c(O)ccc2c1OC(c1ccc(Cl)cc1)CC2=O. The predicted molar refractivity (Wildman–Crippen MR) is 85.8 cm³/mol. The third-order valence-electron chi connectivity index (χ3n) is 3.76. The molecule has 1 aliphatic rings. The van der Waals surface area contributed by atoms with E-state index in [4.69, 9.17) is 16.3 Å². The average Bonchev–Trinajstić information content (AvgIpc) is 2.51. The monoisotopic (exact) mass is 314 g/mol. The maximum absolute atomic E-state index is 12.4. The van der Waals surface area contributed by atoms with E-state index in [1.165, 1.54) is 6.07 Å². The van der Waals surface area contributed by atoms with Gasteiger partial charge in [0, 0.05) is 10.6 Å². The molecule has 1 N–H and O–H groups in total. The quantitative estimate of drug-likeness (QED) is 0.850. The Kier molecular flexibility index (Phi) is 3.90. The zero-order valence-corrected chi connectivity index (χ0v) is 12.6. The lowest BCUT2D eigenvalue weighted by atomic mass is 9.93. The van der Waals surface area contributed by atoms with Gasteiger partial charge in [-0.2, -0.15) is 0 Å². The second-order valence-corrected chi connectivity index (χ2v) is 5.65. The number of phenols is 1. The summed E-state index contributed by atoms with van der Waals surface area (Å²) in [4.78, 5) is 12.4. The molecule has 0 aromatic heterocycles. The van der Waals surface area contributed by atoms with Gasteiger partial charge in [0.25, 0.3) is 0 Å². The molecule has 2 aromatic rings. The van der Waals surface area contributed by atoms with E-state index in [1.54, 1.807) is 24.3 Å². The van der Waals surface area contributed by atoms with Crippen molar-refractivity contribution in [3.05, 3.63) is 70.8 Å². The first-order valence-electron chi connectivity index (χ1n) is 7.01. The zero-order chi connectivity index (χ0) is 15.7. The largest absolute Gasteiger partial charge is 0.508 e. The molecule has 1 heterocycles. The fourth-order valence-corrected chi connectivity index (χ4v) is 2.76. The van der Waals surface area contributed by atoms with Crippen molar-refractivity contribution in [3.8, 4) is 11.5 Å². The molecule has 0 bridgehead atoms. The van der Waals surface area contributed by atoms with Gasteiger partial charge in [-0.05, 0) is 36.2 Å². The molecule has 1 aliphatic heterocycles. The minimum absolute atomic E-state index is 0.00603. The van der Waals surface area contributed by atoms with Gasteiger partial charge in [0.1, 0.15) is 17.6 Å². The summed E-state index contributed by atoms with van der Waals surface area (Å²) in [6.45, 7) is 3.69. The highest BCUT2D eigenvalue weighted by atomic mass is 35.5. The molecule has 0 aliphatic carbocycles. The lowest BCUT2D eigenvalue weighted by molar-refractivity contribution is 0.0847. The van der Waals surface area contributed by atoms with Crippen molar-refractivity contribution in [2.24, 2.45) is 0 Å². The van der Waals surface area contributed by atoms with Crippen LogP contribution >= 0.6 is 11.6 Å². The summed E-state index contributed by atoms with van der Waals surface area (Å²) in [5.74, 6) is 0.575. The number of ether oxygens (including phenoxy) is 1. The van der Waals surface area contributed by atoms with Gasteiger partial charge in [0.15, 0.2) is 5.78 Å². The second-order valence-electron chi connectivity index (χ2n) is 5.22. The minimum Gasteiger partial charge on any atom is -0.508 e. The van der Waals surface area contributed by atoms with Crippen molar-refractivity contribution in [2.75, 3.05) is 0 Å². The minimum atomic E-state index is -0.373. The number of benzene rings is 2. The maximum atomic E-state index is 12.4. The molecule has 0 fully saturated rings. The lowest BCUT2D eigenvalue weighted by Gasteiger charge is -2.27. The summed E-state index contributed by atoms with van der Waals surface area (Å²) >= 11 is 5.90.